The molecule has 0 amide bonds. The summed E-state index contributed by atoms with van der Waals surface area (Å²) in [4.78, 5) is 12.3. The highest BCUT2D eigenvalue weighted by Gasteiger charge is 2.14. The molecule has 0 heterocycles. The molecule has 20 heavy (non-hydrogen) atoms. The Kier molecular flexibility index (Phi) is 4.29. The minimum absolute atomic E-state index is 0.0685. The van der Waals surface area contributed by atoms with Crippen LogP contribution in [0, 0.1) is 12.7 Å². The molecule has 0 aliphatic heterocycles. The predicted molar refractivity (Wildman–Crippen MR) is 75.2 cm³/mol. The Labute approximate surface area is 120 Å². The van der Waals surface area contributed by atoms with E-state index in [1.165, 1.54) is 23.9 Å². The summed E-state index contributed by atoms with van der Waals surface area (Å²) in [6.45, 7) is 1.93. The molecule has 0 unspecified atom stereocenters. The van der Waals surface area contributed by atoms with E-state index < -0.39 is 11.8 Å². The van der Waals surface area contributed by atoms with E-state index in [0.717, 1.165) is 16.5 Å². The number of ether oxygens (including phenoxy) is 1. The maximum atomic E-state index is 13.3. The average Bonchev–Trinajstić information content (AvgIpc) is 2.40. The molecule has 5 heteroatoms. The molecule has 0 bridgehead atoms. The van der Waals surface area contributed by atoms with Crippen LogP contribution >= 0.6 is 11.8 Å². The SMILES string of the molecule is COc1cc(C)ccc1Sc1cc(F)ccc1C(=O)O. The number of rotatable bonds is 4. The number of halogens is 1. The van der Waals surface area contributed by atoms with Crippen LogP contribution in [0.1, 0.15) is 15.9 Å². The lowest BCUT2D eigenvalue weighted by Crippen LogP contribution is -1.99. The Hall–Kier alpha value is -2.01. The third-order valence-corrected chi connectivity index (χ3v) is 3.83. The summed E-state index contributed by atoms with van der Waals surface area (Å²) in [7, 11) is 1.54. The van der Waals surface area contributed by atoms with E-state index in [4.69, 9.17) is 9.84 Å². The number of methoxy groups -OCH3 is 1. The standard InChI is InChI=1S/C15H13FO3S/c1-9-3-6-13(12(7-9)19-2)20-14-8-10(16)4-5-11(14)15(17)18/h3-8H,1-2H3,(H,17,18). The quantitative estimate of drug-likeness (QED) is 0.925. The first-order valence-electron chi connectivity index (χ1n) is 5.86. The van der Waals surface area contributed by atoms with Gasteiger partial charge >= 0.3 is 5.97 Å². The Morgan fingerprint density at radius 2 is 1.95 bits per heavy atom. The van der Waals surface area contributed by atoms with Crippen molar-refractivity contribution in [1.29, 1.82) is 0 Å². The molecule has 0 aromatic heterocycles. The molecule has 2 aromatic carbocycles. The first-order chi connectivity index (χ1) is 9.51. The van der Waals surface area contributed by atoms with Gasteiger partial charge in [-0.3, -0.25) is 0 Å². The van der Waals surface area contributed by atoms with Crippen LogP contribution < -0.4 is 4.74 Å². The van der Waals surface area contributed by atoms with Crippen LogP contribution in [0.4, 0.5) is 4.39 Å². The van der Waals surface area contributed by atoms with E-state index in [0.29, 0.717) is 10.6 Å². The van der Waals surface area contributed by atoms with Crippen LogP contribution in [0.15, 0.2) is 46.2 Å². The number of benzene rings is 2. The second kappa shape index (κ2) is 5.96. The smallest absolute Gasteiger partial charge is 0.336 e. The fourth-order valence-electron chi connectivity index (χ4n) is 1.73. The summed E-state index contributed by atoms with van der Waals surface area (Å²) in [5.74, 6) is -0.919. The second-order valence-electron chi connectivity index (χ2n) is 4.20. The van der Waals surface area contributed by atoms with Crippen molar-refractivity contribution in [2.24, 2.45) is 0 Å². The molecule has 3 nitrogen and oxygen atoms in total. The van der Waals surface area contributed by atoms with E-state index in [1.807, 2.05) is 25.1 Å². The average molecular weight is 292 g/mol. The Morgan fingerprint density at radius 1 is 1.20 bits per heavy atom. The third-order valence-electron chi connectivity index (χ3n) is 2.71. The van der Waals surface area contributed by atoms with Crippen molar-refractivity contribution < 1.29 is 19.0 Å². The number of hydrogen-bond acceptors (Lipinski definition) is 3. The minimum atomic E-state index is -1.08. The van der Waals surface area contributed by atoms with Crippen LogP contribution in [0.2, 0.25) is 0 Å². The molecule has 0 spiro atoms. The number of carbonyl (C=O) groups is 1. The van der Waals surface area contributed by atoms with Gasteiger partial charge in [0.1, 0.15) is 11.6 Å². The summed E-state index contributed by atoms with van der Waals surface area (Å²) in [5, 5.41) is 9.14. The van der Waals surface area contributed by atoms with Crippen molar-refractivity contribution >= 4 is 17.7 Å². The van der Waals surface area contributed by atoms with Gasteiger partial charge in [-0.05, 0) is 42.8 Å². The molecule has 2 rings (SSSR count). The lowest BCUT2D eigenvalue weighted by Gasteiger charge is -2.10. The van der Waals surface area contributed by atoms with Crippen LogP contribution in [-0.4, -0.2) is 18.2 Å². The topological polar surface area (TPSA) is 46.5 Å². The van der Waals surface area contributed by atoms with Crippen LogP contribution in [-0.2, 0) is 0 Å². The van der Waals surface area contributed by atoms with Crippen LogP contribution in [0.5, 0.6) is 5.75 Å². The molecule has 2 aromatic rings. The number of carboxylic acid groups (broad SMARTS) is 1. The molecule has 104 valence electrons. The highest BCUT2D eigenvalue weighted by atomic mass is 32.2. The van der Waals surface area contributed by atoms with Gasteiger partial charge in [0.2, 0.25) is 0 Å². The van der Waals surface area contributed by atoms with Crippen molar-refractivity contribution in [3.8, 4) is 5.75 Å². The van der Waals surface area contributed by atoms with E-state index in [1.54, 1.807) is 7.11 Å². The molecule has 0 saturated heterocycles. The Balaban J connectivity index is 2.44. The van der Waals surface area contributed by atoms with E-state index in [9.17, 15) is 9.18 Å². The van der Waals surface area contributed by atoms with Crippen molar-refractivity contribution in [2.45, 2.75) is 16.7 Å². The summed E-state index contributed by atoms with van der Waals surface area (Å²) in [6, 6.07) is 9.19. The summed E-state index contributed by atoms with van der Waals surface area (Å²) < 4.78 is 18.6. The summed E-state index contributed by atoms with van der Waals surface area (Å²) in [6.07, 6.45) is 0. The number of carboxylic acids is 1. The zero-order chi connectivity index (χ0) is 14.7. The van der Waals surface area contributed by atoms with Gasteiger partial charge in [-0.15, -0.1) is 0 Å². The number of hydrogen-bond donors (Lipinski definition) is 1. The maximum absolute atomic E-state index is 13.3. The van der Waals surface area contributed by atoms with Crippen LogP contribution in [0.3, 0.4) is 0 Å². The lowest BCUT2D eigenvalue weighted by molar-refractivity contribution is 0.0693. The molecular weight excluding hydrogens is 279 g/mol. The number of aryl methyl sites for hydroxylation is 1. The van der Waals surface area contributed by atoms with E-state index >= 15 is 0 Å². The highest BCUT2D eigenvalue weighted by Crippen LogP contribution is 2.37. The Morgan fingerprint density at radius 3 is 2.60 bits per heavy atom. The fraction of sp³-hybridized carbons (Fsp3) is 0.133. The molecule has 0 fully saturated rings. The molecule has 0 radical (unpaired) electrons. The summed E-state index contributed by atoms with van der Waals surface area (Å²) >= 11 is 1.17. The molecular formula is C15H13FO3S. The van der Waals surface area contributed by atoms with Gasteiger partial charge in [-0.25, -0.2) is 9.18 Å². The summed E-state index contributed by atoms with van der Waals surface area (Å²) in [5.41, 5.74) is 1.10. The second-order valence-corrected chi connectivity index (χ2v) is 5.29. The normalized spacial score (nSPS) is 10.3. The van der Waals surface area contributed by atoms with Gasteiger partial charge in [-0.1, -0.05) is 17.8 Å². The monoisotopic (exact) mass is 292 g/mol. The highest BCUT2D eigenvalue weighted by molar-refractivity contribution is 7.99. The maximum Gasteiger partial charge on any atom is 0.336 e. The molecule has 0 aliphatic rings. The van der Waals surface area contributed by atoms with E-state index in [-0.39, 0.29) is 5.56 Å². The van der Waals surface area contributed by atoms with Gasteiger partial charge in [0.05, 0.1) is 17.6 Å². The Bertz CT molecular complexity index is 656. The van der Waals surface area contributed by atoms with Crippen molar-refractivity contribution in [2.75, 3.05) is 7.11 Å². The zero-order valence-electron chi connectivity index (χ0n) is 11.0. The zero-order valence-corrected chi connectivity index (χ0v) is 11.8. The number of aromatic carboxylic acids is 1. The molecule has 0 saturated carbocycles. The van der Waals surface area contributed by atoms with Crippen LogP contribution in [0.25, 0.3) is 0 Å². The molecule has 1 N–H and O–H groups in total. The minimum Gasteiger partial charge on any atom is -0.496 e. The molecule has 0 aliphatic carbocycles. The van der Waals surface area contributed by atoms with Gasteiger partial charge < -0.3 is 9.84 Å². The van der Waals surface area contributed by atoms with Gasteiger partial charge in [-0.2, -0.15) is 0 Å². The first-order valence-corrected chi connectivity index (χ1v) is 6.68. The van der Waals surface area contributed by atoms with E-state index in [2.05, 4.69) is 0 Å². The van der Waals surface area contributed by atoms with Gasteiger partial charge in [0, 0.05) is 4.90 Å². The van der Waals surface area contributed by atoms with Gasteiger partial charge in [0.15, 0.2) is 0 Å². The lowest BCUT2D eigenvalue weighted by atomic mass is 10.2. The van der Waals surface area contributed by atoms with Crippen molar-refractivity contribution in [1.82, 2.24) is 0 Å². The van der Waals surface area contributed by atoms with Crippen molar-refractivity contribution in [3.63, 3.8) is 0 Å². The molecule has 0 atom stereocenters. The largest absolute Gasteiger partial charge is 0.496 e. The van der Waals surface area contributed by atoms with Gasteiger partial charge in [0.25, 0.3) is 0 Å². The van der Waals surface area contributed by atoms with Crippen molar-refractivity contribution in [3.05, 3.63) is 53.3 Å². The third kappa shape index (κ3) is 3.11. The predicted octanol–water partition coefficient (Wildman–Crippen LogP) is 3.99. The fourth-order valence-corrected chi connectivity index (χ4v) is 2.79. The first kappa shape index (κ1) is 14.4.